The van der Waals surface area contributed by atoms with Crippen molar-refractivity contribution in [2.24, 2.45) is 5.11 Å². The van der Waals surface area contributed by atoms with E-state index in [2.05, 4.69) is 42.6 Å². The van der Waals surface area contributed by atoms with Gasteiger partial charge in [0, 0.05) is 14.7 Å². The molecule has 0 amide bonds. The number of halogens is 1. The highest BCUT2D eigenvalue weighted by Crippen LogP contribution is 2.44. The predicted molar refractivity (Wildman–Crippen MR) is 96.4 cm³/mol. The summed E-state index contributed by atoms with van der Waals surface area (Å²) in [6, 6.07) is 0. The molecule has 2 aliphatic heterocycles. The summed E-state index contributed by atoms with van der Waals surface area (Å²) in [6.45, 7) is 3.87. The fourth-order valence-electron chi connectivity index (χ4n) is 3.40. The van der Waals surface area contributed by atoms with Crippen molar-refractivity contribution in [1.29, 1.82) is 0 Å². The van der Waals surface area contributed by atoms with Crippen molar-refractivity contribution in [3.05, 3.63) is 26.5 Å². The second-order valence-corrected chi connectivity index (χ2v) is 7.55. The summed E-state index contributed by atoms with van der Waals surface area (Å²) in [4.78, 5) is 11.2. The maximum absolute atomic E-state index is 8.62. The van der Waals surface area contributed by atoms with Gasteiger partial charge in [-0.15, -0.1) is 0 Å². The number of nitrogens with two attached hydrogens (primary N) is 1. The zero-order chi connectivity index (χ0) is 17.8. The largest absolute Gasteiger partial charge is 0.383 e. The molecule has 10 nitrogen and oxygen atoms in total. The summed E-state index contributed by atoms with van der Waals surface area (Å²) in [6.07, 6.45) is 1.77. The fourth-order valence-corrected chi connectivity index (χ4v) is 4.22. The van der Waals surface area contributed by atoms with Crippen molar-refractivity contribution in [3.8, 4) is 0 Å². The molecule has 2 aliphatic rings. The first kappa shape index (κ1) is 16.8. The average Bonchev–Trinajstić information content (AvgIpc) is 3.15. The van der Waals surface area contributed by atoms with Gasteiger partial charge in [-0.25, -0.2) is 9.97 Å². The Hall–Kier alpha value is -1.66. The van der Waals surface area contributed by atoms with Crippen LogP contribution >= 0.6 is 22.6 Å². The smallest absolute Gasteiger partial charge is 0.164 e. The van der Waals surface area contributed by atoms with Crippen LogP contribution in [0.3, 0.4) is 0 Å². The summed E-state index contributed by atoms with van der Waals surface area (Å²) in [5.41, 5.74) is 15.3. The molecule has 4 atom stereocenters. The number of fused-ring (bicyclic) bond motifs is 2. The quantitative estimate of drug-likeness (QED) is 0.326. The van der Waals surface area contributed by atoms with Gasteiger partial charge in [-0.05, 0) is 42.0 Å². The third-order valence-electron chi connectivity index (χ3n) is 4.32. The summed E-state index contributed by atoms with van der Waals surface area (Å²) in [5.74, 6) is -0.326. The van der Waals surface area contributed by atoms with E-state index in [-0.39, 0.29) is 18.8 Å². The molecule has 2 saturated heterocycles. The number of aromatic nitrogens is 3. The number of hydrogen-bond donors (Lipinski definition) is 1. The van der Waals surface area contributed by atoms with Crippen LogP contribution in [0.25, 0.3) is 21.5 Å². The maximum atomic E-state index is 8.62. The topological polar surface area (TPSA) is 133 Å². The molecular formula is C14H16IN7O3. The normalized spacial score (nSPS) is 30.4. The molecule has 0 bridgehead atoms. The molecule has 2 aromatic rings. The van der Waals surface area contributed by atoms with Crippen molar-refractivity contribution >= 4 is 39.4 Å². The first-order valence-corrected chi connectivity index (χ1v) is 8.77. The molecule has 4 rings (SSSR count). The highest BCUT2D eigenvalue weighted by molar-refractivity contribution is 14.1. The molecule has 2 fully saturated rings. The van der Waals surface area contributed by atoms with E-state index in [9.17, 15) is 0 Å². The Balaban J connectivity index is 1.77. The maximum Gasteiger partial charge on any atom is 0.164 e. The number of ether oxygens (including phenoxy) is 3. The minimum atomic E-state index is -0.740. The Bertz CT molecular complexity index is 879. The lowest BCUT2D eigenvalue weighted by Crippen LogP contribution is -2.31. The van der Waals surface area contributed by atoms with Crippen molar-refractivity contribution in [1.82, 2.24) is 14.5 Å². The van der Waals surface area contributed by atoms with Gasteiger partial charge in [-0.1, -0.05) is 5.11 Å². The number of nitrogens with zero attached hydrogens (tertiary/aromatic N) is 6. The van der Waals surface area contributed by atoms with Crippen LogP contribution in [0, 0.1) is 3.57 Å². The van der Waals surface area contributed by atoms with E-state index in [0.29, 0.717) is 11.5 Å². The van der Waals surface area contributed by atoms with E-state index in [0.717, 1.165) is 8.96 Å². The third kappa shape index (κ3) is 2.72. The lowest BCUT2D eigenvalue weighted by atomic mass is 10.1. The molecule has 0 saturated carbocycles. The molecule has 0 spiro atoms. The third-order valence-corrected chi connectivity index (χ3v) is 5.13. The summed E-state index contributed by atoms with van der Waals surface area (Å²) < 4.78 is 20.9. The molecule has 4 heterocycles. The molecule has 0 aliphatic carbocycles. The molecule has 132 valence electrons. The second-order valence-electron chi connectivity index (χ2n) is 6.39. The van der Waals surface area contributed by atoms with Crippen molar-refractivity contribution in [2.75, 3.05) is 12.3 Å². The molecule has 11 heteroatoms. The van der Waals surface area contributed by atoms with E-state index < -0.39 is 18.1 Å². The molecule has 2 N–H and O–H groups in total. The lowest BCUT2D eigenvalue weighted by Gasteiger charge is -2.24. The number of anilines is 1. The monoisotopic (exact) mass is 457 g/mol. The van der Waals surface area contributed by atoms with E-state index >= 15 is 0 Å². The Morgan fingerprint density at radius 3 is 2.92 bits per heavy atom. The SMILES string of the molecule is CC1(C)O[C@@H]2[C@H](O1)[C@@H](CN=[N+]=[N-])O[C@H]2n1cc(I)c2c(N)ncnc21. The van der Waals surface area contributed by atoms with E-state index in [1.807, 2.05) is 24.6 Å². The Morgan fingerprint density at radius 2 is 2.16 bits per heavy atom. The number of rotatable bonds is 3. The molecular weight excluding hydrogens is 441 g/mol. The Labute approximate surface area is 156 Å². The van der Waals surface area contributed by atoms with Gasteiger partial charge >= 0.3 is 0 Å². The van der Waals surface area contributed by atoms with Crippen molar-refractivity contribution in [2.45, 2.75) is 44.2 Å². The van der Waals surface area contributed by atoms with Gasteiger partial charge in [0.1, 0.15) is 30.0 Å². The number of hydrogen-bond acceptors (Lipinski definition) is 7. The number of nitrogen functional groups attached to an aromatic ring is 1. The zero-order valence-corrected chi connectivity index (χ0v) is 15.7. The molecule has 0 unspecified atom stereocenters. The van der Waals surface area contributed by atoms with Crippen molar-refractivity contribution in [3.63, 3.8) is 0 Å². The highest BCUT2D eigenvalue weighted by Gasteiger charge is 2.55. The van der Waals surface area contributed by atoms with Crippen molar-refractivity contribution < 1.29 is 14.2 Å². The van der Waals surface area contributed by atoms with Crippen LogP contribution in [0.2, 0.25) is 0 Å². The minimum absolute atomic E-state index is 0.168. The predicted octanol–water partition coefficient (Wildman–Crippen LogP) is 2.35. The van der Waals surface area contributed by atoms with Crippen LogP contribution in [0.1, 0.15) is 20.1 Å². The van der Waals surface area contributed by atoms with E-state index in [1.165, 1.54) is 6.33 Å². The lowest BCUT2D eigenvalue weighted by molar-refractivity contribution is -0.195. The van der Waals surface area contributed by atoms with Gasteiger partial charge in [0.2, 0.25) is 0 Å². The molecule has 0 radical (unpaired) electrons. The van der Waals surface area contributed by atoms with Gasteiger partial charge in [0.25, 0.3) is 0 Å². The average molecular weight is 457 g/mol. The minimum Gasteiger partial charge on any atom is -0.383 e. The van der Waals surface area contributed by atoms with E-state index in [4.69, 9.17) is 25.5 Å². The van der Waals surface area contributed by atoms with Crippen LogP contribution in [0.4, 0.5) is 5.82 Å². The fraction of sp³-hybridized carbons (Fsp3) is 0.571. The van der Waals surface area contributed by atoms with Crippen LogP contribution in [-0.4, -0.2) is 45.2 Å². The van der Waals surface area contributed by atoms with Gasteiger partial charge in [-0.2, -0.15) is 0 Å². The first-order valence-electron chi connectivity index (χ1n) is 7.70. The van der Waals surface area contributed by atoms with Gasteiger partial charge < -0.3 is 24.5 Å². The van der Waals surface area contributed by atoms with Gasteiger partial charge in [-0.3, -0.25) is 0 Å². The molecule has 2 aromatic heterocycles. The summed E-state index contributed by atoms with van der Waals surface area (Å²) >= 11 is 2.19. The second kappa shape index (κ2) is 5.95. The zero-order valence-electron chi connectivity index (χ0n) is 13.5. The van der Waals surface area contributed by atoms with Crippen LogP contribution in [0.5, 0.6) is 0 Å². The van der Waals surface area contributed by atoms with Crippen LogP contribution in [-0.2, 0) is 14.2 Å². The Morgan fingerprint density at radius 1 is 1.40 bits per heavy atom. The van der Waals surface area contributed by atoms with Gasteiger partial charge in [0.05, 0.1) is 18.0 Å². The van der Waals surface area contributed by atoms with Crippen LogP contribution < -0.4 is 5.73 Å². The molecule has 0 aromatic carbocycles. The highest BCUT2D eigenvalue weighted by atomic mass is 127. The summed E-state index contributed by atoms with van der Waals surface area (Å²) in [5, 5.41) is 4.41. The summed E-state index contributed by atoms with van der Waals surface area (Å²) in [7, 11) is 0. The first-order chi connectivity index (χ1) is 11.9. The standard InChI is InChI=1S/C14H16IN7O3/c1-14(2)24-9-7(3-20-21-17)23-13(10(9)25-14)22-4-6(15)8-11(16)18-5-19-12(8)22/h4-5,7,9-10,13H,3H2,1-2H3,(H2,16,18,19)/t7-,9-,10-,13-/m1/s1. The van der Waals surface area contributed by atoms with Gasteiger partial charge in [0.15, 0.2) is 12.0 Å². The molecule has 25 heavy (non-hydrogen) atoms. The number of azide groups is 1. The van der Waals surface area contributed by atoms with Crippen LogP contribution in [0.15, 0.2) is 17.6 Å². The Kier molecular flexibility index (Phi) is 4.00. The van der Waals surface area contributed by atoms with E-state index in [1.54, 1.807) is 0 Å².